The molecule has 0 saturated carbocycles. The van der Waals surface area contributed by atoms with Crippen LogP contribution in [-0.4, -0.2) is 89.1 Å². The lowest BCUT2D eigenvalue weighted by Gasteiger charge is -2.48. The van der Waals surface area contributed by atoms with E-state index in [4.69, 9.17) is 25.8 Å². The molecule has 1 aromatic heterocycles. The standard InChI is InChI=1S/C42H49ClN4O6/c1-41(2)35(32-9-4-3-5-10-32)11-8-14-42(41,28-51-18-17-46-16-13-34(48)26-46)29-53-39-21-38(52-27-31-19-30(22-44)23-45-24-31)33(20-36(39)43)25-47-15-7-6-12-37(47)40(49)50/h3-5,8-11,14,19-21,23-24,34,37,48H,6-7,12-13,15-18,25-29H2,1-2H3,(H,49,50)/t34-,37+,42?/m1/s1. The molecule has 53 heavy (non-hydrogen) atoms. The first-order valence-electron chi connectivity index (χ1n) is 18.4. The van der Waals surface area contributed by atoms with Gasteiger partial charge in [0.2, 0.25) is 0 Å². The van der Waals surface area contributed by atoms with Crippen molar-refractivity contribution in [1.29, 1.82) is 5.26 Å². The zero-order chi connectivity index (χ0) is 37.4. The molecule has 10 nitrogen and oxygen atoms in total. The van der Waals surface area contributed by atoms with Gasteiger partial charge in [-0.15, -0.1) is 0 Å². The Bertz CT molecular complexity index is 1840. The van der Waals surface area contributed by atoms with E-state index in [2.05, 4.69) is 60.2 Å². The summed E-state index contributed by atoms with van der Waals surface area (Å²) in [6.07, 6.45) is 12.4. The molecular weight excluding hydrogens is 692 g/mol. The number of aliphatic carboxylic acids is 1. The summed E-state index contributed by atoms with van der Waals surface area (Å²) in [5.74, 6) is 0.117. The second-order valence-electron chi connectivity index (χ2n) is 14.9. The topological polar surface area (TPSA) is 128 Å². The molecule has 2 saturated heterocycles. The number of hydrogen-bond donors (Lipinski definition) is 2. The summed E-state index contributed by atoms with van der Waals surface area (Å²) in [7, 11) is 0. The predicted molar refractivity (Wildman–Crippen MR) is 204 cm³/mol. The van der Waals surface area contributed by atoms with Crippen LogP contribution in [0.25, 0.3) is 5.57 Å². The number of carboxylic acid groups (broad SMARTS) is 1. The van der Waals surface area contributed by atoms with E-state index in [9.17, 15) is 20.3 Å². The molecule has 1 unspecified atom stereocenters. The fraction of sp³-hybridized carbons (Fsp3) is 0.452. The molecule has 2 fully saturated rings. The summed E-state index contributed by atoms with van der Waals surface area (Å²) in [6.45, 7) is 9.01. The quantitative estimate of drug-likeness (QED) is 0.162. The molecule has 3 aromatic rings. The van der Waals surface area contributed by atoms with Crippen LogP contribution in [0.4, 0.5) is 0 Å². The van der Waals surface area contributed by atoms with E-state index in [1.54, 1.807) is 18.3 Å². The Balaban J connectivity index is 1.28. The Morgan fingerprint density at radius 2 is 1.89 bits per heavy atom. The molecule has 1 aliphatic carbocycles. The molecule has 280 valence electrons. The lowest BCUT2D eigenvalue weighted by molar-refractivity contribution is -0.144. The Kier molecular flexibility index (Phi) is 12.5. The molecule has 0 radical (unpaired) electrons. The maximum absolute atomic E-state index is 12.2. The van der Waals surface area contributed by atoms with Crippen LogP contribution in [0.3, 0.4) is 0 Å². The fourth-order valence-electron chi connectivity index (χ4n) is 7.67. The van der Waals surface area contributed by atoms with Gasteiger partial charge in [-0.1, -0.05) is 80.4 Å². The van der Waals surface area contributed by atoms with Crippen molar-refractivity contribution in [2.24, 2.45) is 10.8 Å². The van der Waals surface area contributed by atoms with E-state index in [1.807, 2.05) is 29.2 Å². The van der Waals surface area contributed by atoms with Crippen LogP contribution in [0.2, 0.25) is 5.02 Å². The van der Waals surface area contributed by atoms with E-state index in [0.717, 1.165) is 49.0 Å². The first-order valence-corrected chi connectivity index (χ1v) is 18.8. The van der Waals surface area contributed by atoms with Crippen LogP contribution in [0, 0.1) is 22.2 Å². The first kappa shape index (κ1) is 38.5. The van der Waals surface area contributed by atoms with Gasteiger partial charge in [0, 0.05) is 61.2 Å². The SMILES string of the molecule is CC1(C)C(c2ccccc2)=CC=CC1(COCCN1CC[C@@H](O)C1)COc1cc(OCc2cncc(C#N)c2)c(CN2CCCC[C@H]2C(=O)O)cc1Cl. The number of benzene rings is 2. The number of aliphatic hydroxyl groups excluding tert-OH is 1. The highest BCUT2D eigenvalue weighted by molar-refractivity contribution is 6.32. The summed E-state index contributed by atoms with van der Waals surface area (Å²) in [4.78, 5) is 20.5. The number of ether oxygens (including phenoxy) is 3. The average Bonchev–Trinajstić information content (AvgIpc) is 3.58. The molecule has 0 spiro atoms. The number of allylic oxidation sites excluding steroid dienone is 3. The van der Waals surface area contributed by atoms with Crippen molar-refractivity contribution >= 4 is 23.1 Å². The van der Waals surface area contributed by atoms with Crippen molar-refractivity contribution in [3.63, 3.8) is 0 Å². The summed E-state index contributed by atoms with van der Waals surface area (Å²) in [6, 6.07) is 17.2. The molecule has 0 amide bonds. The minimum Gasteiger partial charge on any atom is -0.491 e. The normalized spacial score (nSPS) is 23.0. The predicted octanol–water partition coefficient (Wildman–Crippen LogP) is 6.75. The Hall–Kier alpha value is -4.24. The van der Waals surface area contributed by atoms with Gasteiger partial charge < -0.3 is 24.4 Å². The third kappa shape index (κ3) is 9.11. The molecule has 6 rings (SSSR count). The molecule has 3 heterocycles. The number of aromatic nitrogens is 1. The number of hydrogen-bond acceptors (Lipinski definition) is 9. The number of likely N-dealkylation sites (tertiary alicyclic amines) is 2. The summed E-state index contributed by atoms with van der Waals surface area (Å²) in [5.41, 5.74) is 3.19. The molecule has 3 atom stereocenters. The van der Waals surface area contributed by atoms with Crippen LogP contribution in [0.15, 0.2) is 79.2 Å². The van der Waals surface area contributed by atoms with Crippen LogP contribution in [0.5, 0.6) is 11.5 Å². The van der Waals surface area contributed by atoms with Gasteiger partial charge >= 0.3 is 5.97 Å². The van der Waals surface area contributed by atoms with Crippen molar-refractivity contribution < 1.29 is 29.2 Å². The Morgan fingerprint density at radius 1 is 1.06 bits per heavy atom. The molecular formula is C42H49ClN4O6. The highest BCUT2D eigenvalue weighted by Crippen LogP contribution is 2.53. The number of piperidine rings is 1. The second kappa shape index (κ2) is 17.3. The number of β-amino-alcohol motifs (C(OH)–C–C–N with tert-alkyl or cyclic N) is 1. The minimum atomic E-state index is -0.838. The third-order valence-corrected chi connectivity index (χ3v) is 11.3. The van der Waals surface area contributed by atoms with Crippen molar-refractivity contribution in [1.82, 2.24) is 14.8 Å². The largest absolute Gasteiger partial charge is 0.491 e. The number of nitrogens with zero attached hydrogens (tertiary/aromatic N) is 4. The van der Waals surface area contributed by atoms with Gasteiger partial charge in [-0.25, -0.2) is 0 Å². The van der Waals surface area contributed by atoms with Gasteiger partial charge in [0.1, 0.15) is 36.8 Å². The number of pyridine rings is 1. The van der Waals surface area contributed by atoms with Crippen LogP contribution < -0.4 is 9.47 Å². The molecule has 11 heteroatoms. The smallest absolute Gasteiger partial charge is 0.320 e. The maximum atomic E-state index is 12.2. The molecule has 0 bridgehead atoms. The van der Waals surface area contributed by atoms with E-state index in [1.165, 1.54) is 11.8 Å². The van der Waals surface area contributed by atoms with Gasteiger partial charge in [-0.2, -0.15) is 5.26 Å². The summed E-state index contributed by atoms with van der Waals surface area (Å²) in [5, 5.41) is 29.8. The molecule has 2 aliphatic heterocycles. The Labute approximate surface area is 317 Å². The number of rotatable bonds is 15. The monoisotopic (exact) mass is 740 g/mol. The van der Waals surface area contributed by atoms with Crippen molar-refractivity contribution in [2.75, 3.05) is 46.0 Å². The third-order valence-electron chi connectivity index (χ3n) is 11.0. The van der Waals surface area contributed by atoms with Crippen molar-refractivity contribution in [3.05, 3.63) is 106 Å². The highest BCUT2D eigenvalue weighted by atomic mass is 35.5. The zero-order valence-electron chi connectivity index (χ0n) is 30.5. The first-order chi connectivity index (χ1) is 25.6. The average molecular weight is 741 g/mol. The highest BCUT2D eigenvalue weighted by Gasteiger charge is 2.48. The summed E-state index contributed by atoms with van der Waals surface area (Å²) >= 11 is 7.00. The maximum Gasteiger partial charge on any atom is 0.320 e. The van der Waals surface area contributed by atoms with Gasteiger partial charge in [0.15, 0.2) is 0 Å². The lowest BCUT2D eigenvalue weighted by atomic mass is 9.59. The number of carboxylic acids is 1. The van der Waals surface area contributed by atoms with Gasteiger partial charge in [-0.3, -0.25) is 19.6 Å². The van der Waals surface area contributed by atoms with Crippen LogP contribution in [0.1, 0.15) is 61.8 Å². The van der Waals surface area contributed by atoms with Crippen molar-refractivity contribution in [3.8, 4) is 17.6 Å². The van der Waals surface area contributed by atoms with E-state index < -0.39 is 22.8 Å². The lowest BCUT2D eigenvalue weighted by Crippen LogP contribution is -2.47. The van der Waals surface area contributed by atoms with E-state index in [0.29, 0.717) is 61.4 Å². The Morgan fingerprint density at radius 3 is 2.64 bits per heavy atom. The van der Waals surface area contributed by atoms with E-state index >= 15 is 0 Å². The number of aliphatic hydroxyl groups is 1. The number of carbonyl (C=O) groups is 1. The fourth-order valence-corrected chi connectivity index (χ4v) is 7.91. The van der Waals surface area contributed by atoms with Gasteiger partial charge in [-0.05, 0) is 49.1 Å². The van der Waals surface area contributed by atoms with Gasteiger partial charge in [0.05, 0.1) is 35.3 Å². The number of halogens is 1. The summed E-state index contributed by atoms with van der Waals surface area (Å²) < 4.78 is 19.5. The van der Waals surface area contributed by atoms with Crippen molar-refractivity contribution in [2.45, 2.75) is 64.8 Å². The van der Waals surface area contributed by atoms with Crippen LogP contribution >= 0.6 is 11.6 Å². The number of nitriles is 1. The minimum absolute atomic E-state index is 0.145. The zero-order valence-corrected chi connectivity index (χ0v) is 31.3. The van der Waals surface area contributed by atoms with Gasteiger partial charge in [0.25, 0.3) is 0 Å². The van der Waals surface area contributed by atoms with Crippen LogP contribution in [-0.2, 0) is 22.7 Å². The second-order valence-corrected chi connectivity index (χ2v) is 15.3. The molecule has 2 aromatic carbocycles. The molecule has 3 aliphatic rings. The molecule has 2 N–H and O–H groups in total. The van der Waals surface area contributed by atoms with E-state index in [-0.39, 0.29) is 19.3 Å².